The standard InChI is InChI=1S/C13H17FN2O4/c1-13(2,20-3)7-15-12(19)16-10-6-8(14)4-5-9(10)11(17)18/h4-6H,7H2,1-3H3,(H,17,18)(H2,15,16,19). The van der Waals surface area contributed by atoms with Crippen LogP contribution < -0.4 is 10.6 Å². The molecule has 0 aromatic heterocycles. The molecule has 20 heavy (non-hydrogen) atoms. The number of rotatable bonds is 5. The van der Waals surface area contributed by atoms with Gasteiger partial charge in [0, 0.05) is 13.7 Å². The summed E-state index contributed by atoms with van der Waals surface area (Å²) in [7, 11) is 1.51. The monoisotopic (exact) mass is 284 g/mol. The molecule has 1 rings (SSSR count). The highest BCUT2D eigenvalue weighted by molar-refractivity contribution is 5.99. The van der Waals surface area contributed by atoms with Gasteiger partial charge in [-0.15, -0.1) is 0 Å². The summed E-state index contributed by atoms with van der Waals surface area (Å²) in [4.78, 5) is 22.6. The molecule has 1 aromatic rings. The van der Waals surface area contributed by atoms with E-state index in [1.807, 2.05) is 0 Å². The highest BCUT2D eigenvalue weighted by Crippen LogP contribution is 2.17. The lowest BCUT2D eigenvalue weighted by molar-refractivity contribution is 0.0257. The molecular weight excluding hydrogens is 267 g/mol. The summed E-state index contributed by atoms with van der Waals surface area (Å²) < 4.78 is 18.2. The first-order chi connectivity index (χ1) is 9.25. The average Bonchev–Trinajstić information content (AvgIpc) is 2.36. The van der Waals surface area contributed by atoms with Crippen molar-refractivity contribution in [2.75, 3.05) is 19.0 Å². The maximum absolute atomic E-state index is 13.1. The third-order valence-electron chi connectivity index (χ3n) is 2.69. The molecule has 0 fully saturated rings. The molecule has 0 heterocycles. The van der Waals surface area contributed by atoms with Gasteiger partial charge in [0.25, 0.3) is 0 Å². The number of hydrogen-bond acceptors (Lipinski definition) is 3. The molecule has 0 saturated carbocycles. The fourth-order valence-corrected chi connectivity index (χ4v) is 1.34. The van der Waals surface area contributed by atoms with E-state index in [0.29, 0.717) is 0 Å². The van der Waals surface area contributed by atoms with Crippen molar-refractivity contribution in [2.24, 2.45) is 0 Å². The van der Waals surface area contributed by atoms with Crippen molar-refractivity contribution in [1.29, 1.82) is 0 Å². The van der Waals surface area contributed by atoms with Crippen molar-refractivity contribution in [2.45, 2.75) is 19.4 Å². The smallest absolute Gasteiger partial charge is 0.337 e. The number of amides is 2. The van der Waals surface area contributed by atoms with Crippen molar-refractivity contribution in [1.82, 2.24) is 5.32 Å². The molecule has 0 atom stereocenters. The number of hydrogen-bond donors (Lipinski definition) is 3. The molecule has 2 amide bonds. The molecule has 0 spiro atoms. The van der Waals surface area contributed by atoms with Crippen LogP contribution in [-0.2, 0) is 4.74 Å². The molecule has 0 aliphatic carbocycles. The Kier molecular flexibility index (Phi) is 5.04. The molecule has 0 unspecified atom stereocenters. The molecule has 0 bridgehead atoms. The van der Waals surface area contributed by atoms with Gasteiger partial charge in [0.1, 0.15) is 5.82 Å². The molecule has 0 aliphatic rings. The number of methoxy groups -OCH3 is 1. The van der Waals surface area contributed by atoms with Crippen LogP contribution in [0.3, 0.4) is 0 Å². The Morgan fingerprint density at radius 3 is 2.60 bits per heavy atom. The number of ether oxygens (including phenoxy) is 1. The van der Waals surface area contributed by atoms with Crippen molar-refractivity contribution in [3.8, 4) is 0 Å². The normalized spacial score (nSPS) is 11.0. The Morgan fingerprint density at radius 1 is 1.40 bits per heavy atom. The molecule has 6 nitrogen and oxygen atoms in total. The van der Waals surface area contributed by atoms with Crippen LogP contribution in [0.5, 0.6) is 0 Å². The highest BCUT2D eigenvalue weighted by Gasteiger charge is 2.18. The summed E-state index contributed by atoms with van der Waals surface area (Å²) in [6.45, 7) is 3.77. The van der Waals surface area contributed by atoms with Crippen LogP contribution in [0, 0.1) is 5.82 Å². The third kappa shape index (κ3) is 4.51. The van der Waals surface area contributed by atoms with E-state index in [-0.39, 0.29) is 17.8 Å². The second-order valence-electron chi connectivity index (χ2n) is 4.77. The van der Waals surface area contributed by atoms with Crippen LogP contribution in [0.15, 0.2) is 18.2 Å². The third-order valence-corrected chi connectivity index (χ3v) is 2.69. The fourth-order valence-electron chi connectivity index (χ4n) is 1.34. The van der Waals surface area contributed by atoms with Gasteiger partial charge < -0.3 is 20.5 Å². The van der Waals surface area contributed by atoms with Crippen LogP contribution in [0.4, 0.5) is 14.9 Å². The van der Waals surface area contributed by atoms with E-state index in [1.54, 1.807) is 13.8 Å². The summed E-state index contributed by atoms with van der Waals surface area (Å²) in [5.41, 5.74) is -0.854. The summed E-state index contributed by atoms with van der Waals surface area (Å²) in [5, 5.41) is 13.8. The lowest BCUT2D eigenvalue weighted by atomic mass is 10.1. The SMILES string of the molecule is COC(C)(C)CNC(=O)Nc1cc(F)ccc1C(=O)O. The zero-order valence-corrected chi connectivity index (χ0v) is 11.5. The number of carboxylic acid groups (broad SMARTS) is 1. The van der Waals surface area contributed by atoms with E-state index in [9.17, 15) is 14.0 Å². The number of carbonyl (C=O) groups is 2. The number of anilines is 1. The minimum absolute atomic E-state index is 0.106. The number of carbonyl (C=O) groups excluding carboxylic acids is 1. The Morgan fingerprint density at radius 2 is 2.05 bits per heavy atom. The number of urea groups is 1. The largest absolute Gasteiger partial charge is 0.478 e. The predicted molar refractivity (Wildman–Crippen MR) is 71.5 cm³/mol. The minimum atomic E-state index is -1.25. The molecule has 1 aromatic carbocycles. The predicted octanol–water partition coefficient (Wildman–Crippen LogP) is 2.07. The summed E-state index contributed by atoms with van der Waals surface area (Å²) in [6.07, 6.45) is 0. The number of benzene rings is 1. The lowest BCUT2D eigenvalue weighted by Crippen LogP contribution is -2.41. The van der Waals surface area contributed by atoms with E-state index in [2.05, 4.69) is 10.6 Å². The van der Waals surface area contributed by atoms with E-state index >= 15 is 0 Å². The van der Waals surface area contributed by atoms with Gasteiger partial charge in [-0.3, -0.25) is 0 Å². The maximum atomic E-state index is 13.1. The zero-order chi connectivity index (χ0) is 15.3. The molecule has 3 N–H and O–H groups in total. The van der Waals surface area contributed by atoms with E-state index in [1.165, 1.54) is 7.11 Å². The molecule has 0 saturated heterocycles. The van der Waals surface area contributed by atoms with Crippen molar-refractivity contribution >= 4 is 17.7 Å². The van der Waals surface area contributed by atoms with Gasteiger partial charge >= 0.3 is 12.0 Å². The van der Waals surface area contributed by atoms with Gasteiger partial charge in [-0.1, -0.05) is 0 Å². The minimum Gasteiger partial charge on any atom is -0.478 e. The molecular formula is C13H17FN2O4. The number of nitrogens with one attached hydrogen (secondary N) is 2. The van der Waals surface area contributed by atoms with E-state index < -0.39 is 23.4 Å². The van der Waals surface area contributed by atoms with Gasteiger partial charge in [0.15, 0.2) is 0 Å². The van der Waals surface area contributed by atoms with Gasteiger partial charge in [-0.2, -0.15) is 0 Å². The van der Waals surface area contributed by atoms with Crippen LogP contribution in [0.2, 0.25) is 0 Å². The summed E-state index contributed by atoms with van der Waals surface area (Å²) >= 11 is 0. The topological polar surface area (TPSA) is 87.7 Å². The highest BCUT2D eigenvalue weighted by atomic mass is 19.1. The number of halogens is 1. The van der Waals surface area contributed by atoms with Crippen LogP contribution >= 0.6 is 0 Å². The molecule has 0 radical (unpaired) electrons. The number of aromatic carboxylic acids is 1. The van der Waals surface area contributed by atoms with Crippen LogP contribution in [0.1, 0.15) is 24.2 Å². The zero-order valence-electron chi connectivity index (χ0n) is 11.5. The Balaban J connectivity index is 2.75. The van der Waals surface area contributed by atoms with Gasteiger partial charge in [-0.25, -0.2) is 14.0 Å². The quantitative estimate of drug-likeness (QED) is 0.772. The summed E-state index contributed by atoms with van der Waals surface area (Å²) in [6, 6.07) is 2.42. The van der Waals surface area contributed by atoms with Crippen LogP contribution in [0.25, 0.3) is 0 Å². The molecule has 7 heteroatoms. The molecule has 0 aliphatic heterocycles. The van der Waals surface area contributed by atoms with Gasteiger partial charge in [-0.05, 0) is 32.0 Å². The van der Waals surface area contributed by atoms with Crippen molar-refractivity contribution in [3.63, 3.8) is 0 Å². The maximum Gasteiger partial charge on any atom is 0.337 e. The fraction of sp³-hybridized carbons (Fsp3) is 0.385. The number of carboxylic acids is 1. The second kappa shape index (κ2) is 6.33. The second-order valence-corrected chi connectivity index (χ2v) is 4.77. The van der Waals surface area contributed by atoms with E-state index in [0.717, 1.165) is 18.2 Å². The Hall–Kier alpha value is -2.15. The van der Waals surface area contributed by atoms with Crippen molar-refractivity contribution in [3.05, 3.63) is 29.6 Å². The molecule has 110 valence electrons. The average molecular weight is 284 g/mol. The first-order valence-electron chi connectivity index (χ1n) is 5.88. The van der Waals surface area contributed by atoms with Gasteiger partial charge in [0.05, 0.1) is 16.9 Å². The Bertz CT molecular complexity index is 517. The lowest BCUT2D eigenvalue weighted by Gasteiger charge is -2.23. The van der Waals surface area contributed by atoms with Crippen molar-refractivity contribution < 1.29 is 23.8 Å². The first-order valence-corrected chi connectivity index (χ1v) is 5.88. The van der Waals surface area contributed by atoms with Gasteiger partial charge in [0.2, 0.25) is 0 Å². The first kappa shape index (κ1) is 15.9. The van der Waals surface area contributed by atoms with Crippen LogP contribution in [-0.4, -0.2) is 36.4 Å². The van der Waals surface area contributed by atoms with E-state index in [4.69, 9.17) is 9.84 Å². The summed E-state index contributed by atoms with van der Waals surface area (Å²) in [5.74, 6) is -1.89. The Labute approximate surface area is 115 Å².